The summed E-state index contributed by atoms with van der Waals surface area (Å²) in [6, 6.07) is 0. The summed E-state index contributed by atoms with van der Waals surface area (Å²) in [4.78, 5) is 12.6. The SMILES string of the molecule is CC1=C(CO)C(=O)OC([C@](C)(O)[C@H]2CC[C@H]3[C@@H]4CC=C5C[C@@H](O[C@@H]6O[C@H](CO)[C@@H](O)[C@H](O)[C@H]6O)C[C@H](O)[C@]5(C)[C@H]4CC[C@@]32C)C1. The third-order valence-electron chi connectivity index (χ3n) is 13.4. The van der Waals surface area contributed by atoms with E-state index in [9.17, 15) is 40.5 Å². The first kappa shape index (κ1) is 33.5. The third-order valence-corrected chi connectivity index (χ3v) is 13.4. The first-order valence-corrected chi connectivity index (χ1v) is 16.7. The monoisotopic (exact) mass is 636 g/mol. The molecule has 15 atom stereocenters. The van der Waals surface area contributed by atoms with Crippen molar-refractivity contribution in [3.63, 3.8) is 0 Å². The van der Waals surface area contributed by atoms with E-state index in [1.807, 2.05) is 13.8 Å². The van der Waals surface area contributed by atoms with E-state index in [1.165, 1.54) is 0 Å². The van der Waals surface area contributed by atoms with Crippen LogP contribution in [0.2, 0.25) is 0 Å². The van der Waals surface area contributed by atoms with Crippen LogP contribution in [0, 0.1) is 34.5 Å². The van der Waals surface area contributed by atoms with Crippen LogP contribution in [0.15, 0.2) is 22.8 Å². The number of hydrogen-bond donors (Lipinski definition) is 7. The highest BCUT2D eigenvalue weighted by molar-refractivity contribution is 5.90. The molecular weight excluding hydrogens is 584 g/mol. The summed E-state index contributed by atoms with van der Waals surface area (Å²) in [5.74, 6) is 0.289. The number of esters is 1. The van der Waals surface area contributed by atoms with E-state index in [0.717, 1.165) is 43.3 Å². The maximum Gasteiger partial charge on any atom is 0.336 e. The zero-order chi connectivity index (χ0) is 32.6. The van der Waals surface area contributed by atoms with Crippen LogP contribution >= 0.6 is 0 Å². The molecule has 45 heavy (non-hydrogen) atoms. The fraction of sp³-hybridized carbons (Fsp3) is 0.853. The van der Waals surface area contributed by atoms with Crippen LogP contribution < -0.4 is 0 Å². The molecule has 0 radical (unpaired) electrons. The highest BCUT2D eigenvalue weighted by atomic mass is 16.7. The number of aliphatic hydroxyl groups is 7. The molecule has 0 aromatic rings. The van der Waals surface area contributed by atoms with E-state index in [4.69, 9.17) is 14.2 Å². The molecule has 0 aromatic heterocycles. The van der Waals surface area contributed by atoms with Crippen LogP contribution in [0.4, 0.5) is 0 Å². The number of aliphatic hydroxyl groups excluding tert-OH is 6. The summed E-state index contributed by atoms with van der Waals surface area (Å²) in [6.07, 6.45) is -0.699. The quantitative estimate of drug-likeness (QED) is 0.164. The normalized spacial score (nSPS) is 49.8. The predicted molar refractivity (Wildman–Crippen MR) is 160 cm³/mol. The molecule has 11 nitrogen and oxygen atoms in total. The maximum absolute atomic E-state index is 12.6. The summed E-state index contributed by atoms with van der Waals surface area (Å²) < 4.78 is 17.4. The summed E-state index contributed by atoms with van der Waals surface area (Å²) in [5, 5.41) is 73.8. The molecule has 1 saturated heterocycles. The predicted octanol–water partition coefficient (Wildman–Crippen LogP) is 1.10. The van der Waals surface area contributed by atoms with Gasteiger partial charge in [0.25, 0.3) is 0 Å². The number of cyclic esters (lactones) is 1. The van der Waals surface area contributed by atoms with Crippen molar-refractivity contribution in [2.75, 3.05) is 13.2 Å². The summed E-state index contributed by atoms with van der Waals surface area (Å²) >= 11 is 0. The molecule has 0 spiro atoms. The third kappa shape index (κ3) is 5.16. The molecule has 4 aliphatic carbocycles. The Morgan fingerprint density at radius 2 is 1.76 bits per heavy atom. The number of allylic oxidation sites excluding steroid dienone is 1. The first-order chi connectivity index (χ1) is 21.2. The molecule has 2 aliphatic heterocycles. The van der Waals surface area contributed by atoms with E-state index in [0.29, 0.717) is 31.1 Å². The van der Waals surface area contributed by atoms with Crippen molar-refractivity contribution in [2.24, 2.45) is 34.5 Å². The minimum atomic E-state index is -1.52. The Balaban J connectivity index is 1.18. The molecule has 4 fully saturated rings. The van der Waals surface area contributed by atoms with Crippen molar-refractivity contribution in [1.29, 1.82) is 0 Å². The Morgan fingerprint density at radius 3 is 2.42 bits per heavy atom. The lowest BCUT2D eigenvalue weighted by atomic mass is 9.46. The van der Waals surface area contributed by atoms with Gasteiger partial charge in [-0.25, -0.2) is 4.79 Å². The van der Waals surface area contributed by atoms with Crippen LogP contribution in [-0.4, -0.2) is 110 Å². The van der Waals surface area contributed by atoms with E-state index in [2.05, 4.69) is 19.9 Å². The van der Waals surface area contributed by atoms with Crippen molar-refractivity contribution < 1.29 is 54.8 Å². The number of ether oxygens (including phenoxy) is 3. The average Bonchev–Trinajstić information content (AvgIpc) is 3.36. The van der Waals surface area contributed by atoms with Gasteiger partial charge in [-0.15, -0.1) is 0 Å². The van der Waals surface area contributed by atoms with Crippen molar-refractivity contribution in [1.82, 2.24) is 0 Å². The lowest BCUT2D eigenvalue weighted by molar-refractivity contribution is -0.315. The van der Waals surface area contributed by atoms with Crippen molar-refractivity contribution in [3.05, 3.63) is 22.8 Å². The fourth-order valence-corrected chi connectivity index (χ4v) is 10.7. The van der Waals surface area contributed by atoms with Gasteiger partial charge in [-0.3, -0.25) is 0 Å². The fourth-order valence-electron chi connectivity index (χ4n) is 10.7. The van der Waals surface area contributed by atoms with Gasteiger partial charge in [0.15, 0.2) is 6.29 Å². The molecule has 3 saturated carbocycles. The lowest BCUT2D eigenvalue weighted by Gasteiger charge is -2.60. The van der Waals surface area contributed by atoms with Crippen LogP contribution in [-0.2, 0) is 19.0 Å². The lowest BCUT2D eigenvalue weighted by Crippen LogP contribution is -2.61. The number of carbonyl (C=O) groups excluding carboxylic acids is 1. The minimum Gasteiger partial charge on any atom is -0.456 e. The molecule has 1 unspecified atom stereocenters. The van der Waals surface area contributed by atoms with Crippen molar-refractivity contribution in [2.45, 2.75) is 134 Å². The van der Waals surface area contributed by atoms with Crippen LogP contribution in [0.1, 0.15) is 79.1 Å². The standard InChI is InChI=1S/C34H52O11/c1-16-11-26(45-30(41)20(16)14-35)34(4,42)24-8-7-21-19-6-5-17-12-18(43-31-29(40)28(39)27(38)23(15-36)44-31)13-25(37)33(17,3)22(19)9-10-32(21,24)2/h5,18-19,21-29,31,35-40,42H,6-15H2,1-4H3/t18-,19+,21+,22+,23-,24+,25+,26?,27-,28+,29-,31-,32+,33+,34-/m1/s1. The zero-order valence-electron chi connectivity index (χ0n) is 26.8. The molecule has 254 valence electrons. The Bertz CT molecular complexity index is 1210. The Hall–Kier alpha value is -1.41. The smallest absolute Gasteiger partial charge is 0.336 e. The van der Waals surface area contributed by atoms with Crippen molar-refractivity contribution >= 4 is 5.97 Å². The van der Waals surface area contributed by atoms with Gasteiger partial charge in [0.1, 0.15) is 36.1 Å². The van der Waals surface area contributed by atoms with E-state index in [1.54, 1.807) is 0 Å². The average molecular weight is 637 g/mol. The Morgan fingerprint density at radius 1 is 1.02 bits per heavy atom. The second-order valence-electron chi connectivity index (χ2n) is 15.5. The van der Waals surface area contributed by atoms with Gasteiger partial charge in [0.2, 0.25) is 0 Å². The van der Waals surface area contributed by atoms with Crippen LogP contribution in [0.25, 0.3) is 0 Å². The van der Waals surface area contributed by atoms with Crippen molar-refractivity contribution in [3.8, 4) is 0 Å². The van der Waals surface area contributed by atoms with Gasteiger partial charge in [0.05, 0.1) is 31.0 Å². The Kier molecular flexibility index (Phi) is 8.88. The topological polar surface area (TPSA) is 186 Å². The molecule has 11 heteroatoms. The summed E-state index contributed by atoms with van der Waals surface area (Å²) in [5.41, 5.74) is 0.318. The molecule has 2 heterocycles. The number of rotatable bonds is 6. The molecule has 7 N–H and O–H groups in total. The van der Waals surface area contributed by atoms with Gasteiger partial charge >= 0.3 is 5.97 Å². The highest BCUT2D eigenvalue weighted by Crippen LogP contribution is 2.68. The number of fused-ring (bicyclic) bond motifs is 5. The number of hydrogen-bond acceptors (Lipinski definition) is 11. The highest BCUT2D eigenvalue weighted by Gasteiger charge is 2.64. The zero-order valence-corrected chi connectivity index (χ0v) is 26.8. The largest absolute Gasteiger partial charge is 0.456 e. The van der Waals surface area contributed by atoms with Crippen LogP contribution in [0.3, 0.4) is 0 Å². The molecule has 0 bridgehead atoms. The molecule has 6 aliphatic rings. The van der Waals surface area contributed by atoms with E-state index in [-0.39, 0.29) is 29.4 Å². The Labute approximate surface area is 264 Å². The van der Waals surface area contributed by atoms with Crippen LogP contribution in [0.5, 0.6) is 0 Å². The van der Waals surface area contributed by atoms with Gasteiger partial charge in [-0.05, 0) is 81.5 Å². The second kappa shape index (κ2) is 11.9. The second-order valence-corrected chi connectivity index (χ2v) is 15.5. The van der Waals surface area contributed by atoms with Gasteiger partial charge < -0.3 is 50.0 Å². The van der Waals surface area contributed by atoms with Gasteiger partial charge in [-0.1, -0.05) is 31.1 Å². The van der Waals surface area contributed by atoms with E-state index < -0.39 is 72.6 Å². The molecule has 6 rings (SSSR count). The minimum absolute atomic E-state index is 0.0667. The molecular formula is C34H52O11. The van der Waals surface area contributed by atoms with Gasteiger partial charge in [0, 0.05) is 18.3 Å². The van der Waals surface area contributed by atoms with Gasteiger partial charge in [-0.2, -0.15) is 0 Å². The summed E-state index contributed by atoms with van der Waals surface area (Å²) in [6.45, 7) is 7.18. The number of carbonyl (C=O) groups is 1. The van der Waals surface area contributed by atoms with E-state index >= 15 is 0 Å². The molecule has 0 amide bonds. The molecule has 0 aromatic carbocycles. The maximum atomic E-state index is 12.6. The summed E-state index contributed by atoms with van der Waals surface area (Å²) in [7, 11) is 0. The first-order valence-electron chi connectivity index (χ1n) is 16.7.